The number of aliphatic hydroxyl groups is 1. The van der Waals surface area contributed by atoms with Gasteiger partial charge in [-0.1, -0.05) is 36.4 Å². The predicted molar refractivity (Wildman–Crippen MR) is 146 cm³/mol. The van der Waals surface area contributed by atoms with Crippen LogP contribution in [0.2, 0.25) is 0 Å². The van der Waals surface area contributed by atoms with Crippen LogP contribution in [-0.4, -0.2) is 65.8 Å². The average Bonchev–Trinajstić information content (AvgIpc) is 3.36. The molecule has 0 amide bonds. The highest BCUT2D eigenvalue weighted by atomic mass is 16.6. The van der Waals surface area contributed by atoms with Crippen LogP contribution in [0.15, 0.2) is 66.6 Å². The Hall–Kier alpha value is -3.14. The number of likely N-dealkylation sites (tertiary alicyclic amines) is 2. The van der Waals surface area contributed by atoms with Crippen molar-refractivity contribution >= 4 is 0 Å². The summed E-state index contributed by atoms with van der Waals surface area (Å²) in [5.41, 5.74) is 5.70. The van der Waals surface area contributed by atoms with Gasteiger partial charge in [-0.25, -0.2) is 0 Å². The Morgan fingerprint density at radius 1 is 1.11 bits per heavy atom. The summed E-state index contributed by atoms with van der Waals surface area (Å²) in [4.78, 5) is 15.3. The van der Waals surface area contributed by atoms with Crippen molar-refractivity contribution < 1.29 is 19.5 Å². The zero-order valence-corrected chi connectivity index (χ0v) is 22.2. The summed E-state index contributed by atoms with van der Waals surface area (Å²) < 4.78 is 11.5. The molecule has 38 heavy (non-hydrogen) atoms. The summed E-state index contributed by atoms with van der Waals surface area (Å²) in [5.74, 6) is 1.76. The van der Waals surface area contributed by atoms with Crippen LogP contribution in [0.4, 0.5) is 0 Å². The first-order valence-corrected chi connectivity index (χ1v) is 13.5. The highest BCUT2D eigenvalue weighted by Gasteiger charge is 2.43. The Balaban J connectivity index is 1.65. The Kier molecular flexibility index (Phi) is 9.60. The van der Waals surface area contributed by atoms with E-state index in [1.807, 2.05) is 59.5 Å². The molecule has 2 aliphatic heterocycles. The SMILES string of the molecule is COCCCC[C@@](O)(c1ccccc1Oc1ccccc1)[C@@H]1CCCN(/C(=C/[N+](=O)[O-])N2CCC(N)C2)C1. The molecule has 9 heteroatoms. The van der Waals surface area contributed by atoms with E-state index >= 15 is 0 Å². The van der Waals surface area contributed by atoms with Crippen LogP contribution in [0.5, 0.6) is 11.5 Å². The van der Waals surface area contributed by atoms with Gasteiger partial charge in [-0.15, -0.1) is 0 Å². The first-order chi connectivity index (χ1) is 18.4. The summed E-state index contributed by atoms with van der Waals surface area (Å²) in [6, 6.07) is 17.2. The highest BCUT2D eigenvalue weighted by Crippen LogP contribution is 2.45. The number of ether oxygens (including phenoxy) is 2. The number of nitrogens with two attached hydrogens (primary N) is 1. The second-order valence-corrected chi connectivity index (χ2v) is 10.3. The van der Waals surface area contributed by atoms with Crippen molar-refractivity contribution in [1.29, 1.82) is 0 Å². The Bertz CT molecular complexity index is 1080. The molecule has 0 spiro atoms. The summed E-state index contributed by atoms with van der Waals surface area (Å²) in [6.07, 6.45) is 5.68. The molecule has 3 N–H and O–H groups in total. The average molecular weight is 525 g/mol. The lowest BCUT2D eigenvalue weighted by Gasteiger charge is -2.45. The number of hydrogen-bond donors (Lipinski definition) is 2. The number of rotatable bonds is 12. The molecule has 0 radical (unpaired) electrons. The molecule has 3 atom stereocenters. The number of unbranched alkanes of at least 4 members (excludes halogenated alkanes) is 1. The molecule has 2 aliphatic rings. The van der Waals surface area contributed by atoms with Gasteiger partial charge < -0.3 is 30.1 Å². The molecule has 0 bridgehead atoms. The molecule has 1 unspecified atom stereocenters. The minimum atomic E-state index is -1.18. The molecule has 206 valence electrons. The molecule has 4 rings (SSSR count). The van der Waals surface area contributed by atoms with E-state index in [4.69, 9.17) is 15.2 Å². The van der Waals surface area contributed by atoms with Crippen LogP contribution in [0.3, 0.4) is 0 Å². The Morgan fingerprint density at radius 2 is 1.84 bits per heavy atom. The van der Waals surface area contributed by atoms with Crippen LogP contribution < -0.4 is 10.5 Å². The second kappa shape index (κ2) is 13.1. The van der Waals surface area contributed by atoms with Crippen molar-refractivity contribution in [3.8, 4) is 11.5 Å². The first kappa shape index (κ1) is 27.9. The minimum absolute atomic E-state index is 0.00507. The van der Waals surface area contributed by atoms with E-state index in [-0.39, 0.29) is 16.9 Å². The van der Waals surface area contributed by atoms with E-state index in [1.165, 1.54) is 0 Å². The number of benzene rings is 2. The number of para-hydroxylation sites is 2. The van der Waals surface area contributed by atoms with Crippen LogP contribution in [0, 0.1) is 16.0 Å². The number of methoxy groups -OCH3 is 1. The Morgan fingerprint density at radius 3 is 2.55 bits per heavy atom. The third-order valence-electron chi connectivity index (χ3n) is 7.67. The van der Waals surface area contributed by atoms with Crippen LogP contribution in [0.25, 0.3) is 0 Å². The fraction of sp³-hybridized carbons (Fsp3) is 0.517. The van der Waals surface area contributed by atoms with E-state index < -0.39 is 5.60 Å². The zero-order valence-electron chi connectivity index (χ0n) is 22.2. The third kappa shape index (κ3) is 6.83. The van der Waals surface area contributed by atoms with Crippen molar-refractivity contribution in [1.82, 2.24) is 9.80 Å². The lowest BCUT2D eigenvalue weighted by Crippen LogP contribution is -2.48. The summed E-state index contributed by atoms with van der Waals surface area (Å²) >= 11 is 0. The quantitative estimate of drug-likeness (QED) is 0.240. The number of hydrogen-bond acceptors (Lipinski definition) is 8. The van der Waals surface area contributed by atoms with Crippen LogP contribution in [0.1, 0.15) is 44.1 Å². The topological polar surface area (TPSA) is 114 Å². The van der Waals surface area contributed by atoms with Crippen molar-refractivity contribution in [2.24, 2.45) is 11.7 Å². The fourth-order valence-corrected chi connectivity index (χ4v) is 5.76. The van der Waals surface area contributed by atoms with Crippen molar-refractivity contribution in [2.45, 2.75) is 50.2 Å². The molecular weight excluding hydrogens is 484 g/mol. The van der Waals surface area contributed by atoms with Crippen LogP contribution >= 0.6 is 0 Å². The first-order valence-electron chi connectivity index (χ1n) is 13.5. The second-order valence-electron chi connectivity index (χ2n) is 10.3. The van der Waals surface area contributed by atoms with Gasteiger partial charge in [0.1, 0.15) is 11.5 Å². The minimum Gasteiger partial charge on any atom is -0.457 e. The maximum atomic E-state index is 12.5. The molecular formula is C29H40N4O5. The molecule has 0 saturated carbocycles. The number of piperidine rings is 1. The van der Waals surface area contributed by atoms with Crippen LogP contribution in [-0.2, 0) is 10.3 Å². The van der Waals surface area contributed by atoms with Gasteiger partial charge in [-0.2, -0.15) is 0 Å². The summed E-state index contributed by atoms with van der Waals surface area (Å²) in [5, 5.41) is 24.1. The third-order valence-corrected chi connectivity index (χ3v) is 7.67. The normalized spacial score (nSPS) is 21.8. The van der Waals surface area contributed by atoms with E-state index in [0.29, 0.717) is 56.5 Å². The van der Waals surface area contributed by atoms with Crippen molar-refractivity contribution in [2.75, 3.05) is 39.9 Å². The fourth-order valence-electron chi connectivity index (χ4n) is 5.76. The van der Waals surface area contributed by atoms with E-state index in [0.717, 1.165) is 43.9 Å². The van der Waals surface area contributed by atoms with Crippen molar-refractivity contribution in [3.63, 3.8) is 0 Å². The summed E-state index contributed by atoms with van der Waals surface area (Å²) in [6.45, 7) is 3.11. The van der Waals surface area contributed by atoms with Gasteiger partial charge in [0.05, 0.1) is 10.5 Å². The highest BCUT2D eigenvalue weighted by molar-refractivity contribution is 5.42. The van der Waals surface area contributed by atoms with Gasteiger partial charge >= 0.3 is 0 Å². The van der Waals surface area contributed by atoms with Gasteiger partial charge in [-0.3, -0.25) is 10.1 Å². The smallest absolute Gasteiger partial charge is 0.274 e. The van der Waals surface area contributed by atoms with E-state index in [9.17, 15) is 15.2 Å². The Labute approximate surface area is 225 Å². The van der Waals surface area contributed by atoms with E-state index in [2.05, 4.69) is 4.90 Å². The monoisotopic (exact) mass is 524 g/mol. The van der Waals surface area contributed by atoms with Gasteiger partial charge in [0.15, 0.2) is 5.82 Å². The maximum Gasteiger partial charge on any atom is 0.274 e. The largest absolute Gasteiger partial charge is 0.457 e. The van der Waals surface area contributed by atoms with Gasteiger partial charge in [0.2, 0.25) is 0 Å². The molecule has 2 saturated heterocycles. The molecule has 2 aromatic rings. The number of nitro groups is 1. The van der Waals surface area contributed by atoms with Crippen molar-refractivity contribution in [3.05, 3.63) is 82.3 Å². The lowest BCUT2D eigenvalue weighted by molar-refractivity contribution is -0.405. The van der Waals surface area contributed by atoms with Gasteiger partial charge in [0.25, 0.3) is 6.20 Å². The molecule has 2 heterocycles. The number of nitrogens with zero attached hydrogens (tertiary/aromatic N) is 3. The molecule has 2 aromatic carbocycles. The van der Waals surface area contributed by atoms with Gasteiger partial charge in [0, 0.05) is 57.4 Å². The predicted octanol–water partition coefficient (Wildman–Crippen LogP) is 4.30. The van der Waals surface area contributed by atoms with Gasteiger partial charge in [-0.05, 0) is 56.7 Å². The standard InChI is InChI=1S/C29H40N4O5/c1-37-19-8-7-16-29(34,26-13-5-6-14-27(26)38-25-11-3-2-4-12-25)23-10-9-17-31(20-23)28(22-33(35)36)32-18-15-24(30)21-32/h2-6,11-14,22-24,34H,7-10,15-21,30H2,1H3/b28-22-/t23-,24?,29+/m1/s1. The molecule has 9 nitrogen and oxygen atoms in total. The molecule has 2 fully saturated rings. The maximum absolute atomic E-state index is 12.5. The molecule has 0 aromatic heterocycles. The lowest BCUT2D eigenvalue weighted by atomic mass is 9.73. The zero-order chi connectivity index (χ0) is 27.0. The molecule has 0 aliphatic carbocycles. The summed E-state index contributed by atoms with van der Waals surface area (Å²) in [7, 11) is 1.68. The van der Waals surface area contributed by atoms with E-state index in [1.54, 1.807) is 7.11 Å².